The van der Waals surface area contributed by atoms with Crippen molar-refractivity contribution in [3.05, 3.63) is 101 Å². The van der Waals surface area contributed by atoms with Crippen molar-refractivity contribution in [1.82, 2.24) is 0 Å². The van der Waals surface area contributed by atoms with Crippen LogP contribution in [0.4, 0.5) is 0 Å². The number of thioether (sulfide) groups is 1. The van der Waals surface area contributed by atoms with E-state index >= 15 is 0 Å². The van der Waals surface area contributed by atoms with Crippen molar-refractivity contribution in [2.45, 2.75) is 4.90 Å². The molecule has 3 aromatic rings. The second-order valence-electron chi connectivity index (χ2n) is 5.96. The maximum absolute atomic E-state index is 10.6. The Labute approximate surface area is 177 Å². The molecule has 3 nitrogen and oxygen atoms in total. The molecule has 0 fully saturated rings. The van der Waals surface area contributed by atoms with E-state index in [1.165, 1.54) is 16.7 Å². The van der Waals surface area contributed by atoms with Gasteiger partial charge in [0.25, 0.3) is 0 Å². The number of aliphatic carboxylic acids is 1. The van der Waals surface area contributed by atoms with Gasteiger partial charge in [-0.3, -0.25) is 0 Å². The molecule has 0 aliphatic rings. The van der Waals surface area contributed by atoms with E-state index in [-0.39, 0.29) is 6.61 Å². The van der Waals surface area contributed by atoms with Crippen molar-refractivity contribution < 1.29 is 14.6 Å². The minimum atomic E-state index is -0.982. The number of hydrogen-bond acceptors (Lipinski definition) is 3. The van der Waals surface area contributed by atoms with E-state index in [4.69, 9.17) is 9.84 Å². The molecule has 1 N–H and O–H groups in total. The summed E-state index contributed by atoms with van der Waals surface area (Å²) in [7, 11) is 0. The number of ether oxygens (including phenoxy) is 1. The molecule has 28 heavy (non-hydrogen) atoms. The molecule has 5 heteroatoms. The van der Waals surface area contributed by atoms with Crippen molar-refractivity contribution in [3.63, 3.8) is 0 Å². The van der Waals surface area contributed by atoms with Gasteiger partial charge in [0.1, 0.15) is 5.75 Å². The van der Waals surface area contributed by atoms with Gasteiger partial charge < -0.3 is 9.84 Å². The second-order valence-corrected chi connectivity index (χ2v) is 7.97. The van der Waals surface area contributed by atoms with Crippen LogP contribution in [0.3, 0.4) is 0 Å². The predicted molar refractivity (Wildman–Crippen MR) is 118 cm³/mol. The van der Waals surface area contributed by atoms with Crippen LogP contribution in [0.5, 0.6) is 5.75 Å². The van der Waals surface area contributed by atoms with E-state index in [0.717, 1.165) is 15.1 Å². The number of carboxylic acids is 1. The lowest BCUT2D eigenvalue weighted by atomic mass is 9.98. The highest BCUT2D eigenvalue weighted by molar-refractivity contribution is 9.10. The Morgan fingerprint density at radius 3 is 2.36 bits per heavy atom. The predicted octanol–water partition coefficient (Wildman–Crippen LogP) is 6.14. The summed E-state index contributed by atoms with van der Waals surface area (Å²) in [6, 6.07) is 26.1. The van der Waals surface area contributed by atoms with Crippen molar-refractivity contribution in [2.75, 3.05) is 12.4 Å². The van der Waals surface area contributed by atoms with Crippen LogP contribution in [0, 0.1) is 0 Å². The molecule has 3 aromatic carbocycles. The molecular formula is C23H19BrO3S. The minimum absolute atomic E-state index is 0.331. The third-order valence-electron chi connectivity index (χ3n) is 3.94. The van der Waals surface area contributed by atoms with Gasteiger partial charge in [-0.15, -0.1) is 11.8 Å². The van der Waals surface area contributed by atoms with Gasteiger partial charge in [-0.05, 0) is 53.1 Å². The van der Waals surface area contributed by atoms with Crippen LogP contribution in [-0.4, -0.2) is 23.4 Å². The summed E-state index contributed by atoms with van der Waals surface area (Å²) >= 11 is 5.27. The molecule has 0 radical (unpaired) electrons. The summed E-state index contributed by atoms with van der Waals surface area (Å²) < 4.78 is 6.22. The first kappa shape index (κ1) is 20.2. The Hall–Kier alpha value is -2.50. The number of rotatable bonds is 8. The van der Waals surface area contributed by atoms with Gasteiger partial charge in [0.05, 0.1) is 0 Å². The van der Waals surface area contributed by atoms with Gasteiger partial charge in [0.2, 0.25) is 0 Å². The van der Waals surface area contributed by atoms with E-state index in [1.807, 2.05) is 42.5 Å². The molecule has 0 aromatic heterocycles. The van der Waals surface area contributed by atoms with Crippen LogP contribution in [0.2, 0.25) is 0 Å². The molecule has 0 saturated heterocycles. The fourth-order valence-electron chi connectivity index (χ4n) is 2.67. The Morgan fingerprint density at radius 2 is 1.68 bits per heavy atom. The molecule has 0 atom stereocenters. The fourth-order valence-corrected chi connectivity index (χ4v) is 3.84. The highest BCUT2D eigenvalue weighted by atomic mass is 79.9. The van der Waals surface area contributed by atoms with Crippen LogP contribution >= 0.6 is 27.7 Å². The molecular weight excluding hydrogens is 436 g/mol. The van der Waals surface area contributed by atoms with Crippen molar-refractivity contribution in [1.29, 1.82) is 0 Å². The molecule has 0 saturated carbocycles. The molecule has 0 heterocycles. The van der Waals surface area contributed by atoms with Crippen LogP contribution in [0.1, 0.15) is 11.1 Å². The standard InChI is InChI=1S/C23H19BrO3S/c24-19-8-4-7-18(15-19)22(17-5-2-1-3-6-17)13-14-28-21-11-9-20(10-12-21)27-16-23(25)26/h1-13,15H,14,16H2,(H,25,26)/b22-13-. The van der Waals surface area contributed by atoms with Crippen LogP contribution < -0.4 is 4.74 Å². The largest absolute Gasteiger partial charge is 0.482 e. The summed E-state index contributed by atoms with van der Waals surface area (Å²) in [6.45, 7) is -0.331. The van der Waals surface area contributed by atoms with Crippen molar-refractivity contribution in [3.8, 4) is 5.75 Å². The quantitative estimate of drug-likeness (QED) is 0.415. The molecule has 142 valence electrons. The summed E-state index contributed by atoms with van der Waals surface area (Å²) in [6.07, 6.45) is 2.23. The van der Waals surface area contributed by atoms with E-state index < -0.39 is 5.97 Å². The summed E-state index contributed by atoms with van der Waals surface area (Å²) in [5, 5.41) is 8.66. The first-order valence-electron chi connectivity index (χ1n) is 8.71. The number of carboxylic acid groups (broad SMARTS) is 1. The first-order valence-corrected chi connectivity index (χ1v) is 10.5. The third kappa shape index (κ3) is 6.01. The van der Waals surface area contributed by atoms with Crippen molar-refractivity contribution in [2.24, 2.45) is 0 Å². The van der Waals surface area contributed by atoms with Gasteiger partial charge in [-0.25, -0.2) is 4.79 Å². The maximum Gasteiger partial charge on any atom is 0.341 e. The van der Waals surface area contributed by atoms with Gasteiger partial charge in [-0.2, -0.15) is 0 Å². The summed E-state index contributed by atoms with van der Waals surface area (Å²) in [5.74, 6) is 0.387. The van der Waals surface area contributed by atoms with Crippen LogP contribution in [0.25, 0.3) is 5.57 Å². The van der Waals surface area contributed by atoms with E-state index in [9.17, 15) is 4.79 Å². The summed E-state index contributed by atoms with van der Waals surface area (Å²) in [5.41, 5.74) is 3.54. The van der Waals surface area contributed by atoms with Crippen LogP contribution in [0.15, 0.2) is 94.3 Å². The summed E-state index contributed by atoms with van der Waals surface area (Å²) in [4.78, 5) is 11.7. The zero-order chi connectivity index (χ0) is 19.8. The highest BCUT2D eigenvalue weighted by Gasteiger charge is 2.06. The first-order chi connectivity index (χ1) is 13.6. The second kappa shape index (κ2) is 10.2. The highest BCUT2D eigenvalue weighted by Crippen LogP contribution is 2.28. The topological polar surface area (TPSA) is 46.5 Å². The number of halogens is 1. The number of hydrogen-bond donors (Lipinski definition) is 1. The van der Waals surface area contributed by atoms with E-state index in [1.54, 1.807) is 23.9 Å². The zero-order valence-corrected chi connectivity index (χ0v) is 17.4. The third-order valence-corrected chi connectivity index (χ3v) is 5.38. The Morgan fingerprint density at radius 1 is 0.964 bits per heavy atom. The van der Waals surface area contributed by atoms with Gasteiger partial charge in [-0.1, -0.05) is 64.5 Å². The van der Waals surface area contributed by atoms with Crippen LogP contribution in [-0.2, 0) is 4.79 Å². The molecule has 3 rings (SSSR count). The smallest absolute Gasteiger partial charge is 0.341 e. The number of carbonyl (C=O) groups is 1. The molecule has 0 unspecified atom stereocenters. The lowest BCUT2D eigenvalue weighted by Crippen LogP contribution is -2.09. The SMILES string of the molecule is O=C(O)COc1ccc(SC/C=C(/c2ccccc2)c2cccc(Br)c2)cc1. The molecule has 0 bridgehead atoms. The lowest BCUT2D eigenvalue weighted by Gasteiger charge is -2.10. The van der Waals surface area contributed by atoms with Gasteiger partial charge >= 0.3 is 5.97 Å². The average Bonchev–Trinajstić information content (AvgIpc) is 2.71. The Kier molecular flexibility index (Phi) is 7.34. The normalized spacial score (nSPS) is 11.2. The van der Waals surface area contributed by atoms with Crippen molar-refractivity contribution >= 4 is 39.2 Å². The van der Waals surface area contributed by atoms with Gasteiger partial charge in [0, 0.05) is 15.1 Å². The molecule has 0 aliphatic carbocycles. The zero-order valence-electron chi connectivity index (χ0n) is 15.0. The maximum atomic E-state index is 10.6. The van der Waals surface area contributed by atoms with E-state index in [0.29, 0.717) is 5.75 Å². The Bertz CT molecular complexity index is 953. The minimum Gasteiger partial charge on any atom is -0.482 e. The number of benzene rings is 3. The monoisotopic (exact) mass is 454 g/mol. The molecule has 0 spiro atoms. The average molecular weight is 455 g/mol. The lowest BCUT2D eigenvalue weighted by molar-refractivity contribution is -0.139. The fraction of sp³-hybridized carbons (Fsp3) is 0.0870. The molecule has 0 amide bonds. The molecule has 0 aliphatic heterocycles. The van der Waals surface area contributed by atoms with Gasteiger partial charge in [0.15, 0.2) is 6.61 Å². The van der Waals surface area contributed by atoms with E-state index in [2.05, 4.69) is 46.3 Å². The Balaban J connectivity index is 1.72.